The summed E-state index contributed by atoms with van der Waals surface area (Å²) in [7, 11) is 0. The SMILES string of the molecule is CC.CC.CCc1cnc2n1CCCC2. The van der Waals surface area contributed by atoms with Crippen LogP contribution in [0.4, 0.5) is 0 Å². The summed E-state index contributed by atoms with van der Waals surface area (Å²) >= 11 is 0. The predicted molar refractivity (Wildman–Crippen MR) is 67.2 cm³/mol. The average molecular weight is 210 g/mol. The second-order valence-corrected chi connectivity index (χ2v) is 3.13. The molecular formula is C13H26N2. The predicted octanol–water partition coefficient (Wildman–Crippen LogP) is 3.83. The lowest BCUT2D eigenvalue weighted by atomic mass is 10.1. The van der Waals surface area contributed by atoms with E-state index in [0.717, 1.165) is 6.42 Å². The Morgan fingerprint density at radius 3 is 2.47 bits per heavy atom. The van der Waals surface area contributed by atoms with Gasteiger partial charge in [0.05, 0.1) is 0 Å². The number of fused-ring (bicyclic) bond motifs is 1. The van der Waals surface area contributed by atoms with Crippen molar-refractivity contribution in [2.24, 2.45) is 0 Å². The summed E-state index contributed by atoms with van der Waals surface area (Å²) in [5, 5.41) is 0. The topological polar surface area (TPSA) is 17.8 Å². The molecule has 2 rings (SSSR count). The molecule has 0 radical (unpaired) electrons. The Morgan fingerprint density at radius 2 is 1.87 bits per heavy atom. The van der Waals surface area contributed by atoms with Gasteiger partial charge in [-0.25, -0.2) is 4.98 Å². The Morgan fingerprint density at radius 1 is 1.20 bits per heavy atom. The molecule has 0 saturated heterocycles. The number of nitrogens with zero attached hydrogens (tertiary/aromatic N) is 2. The molecule has 0 saturated carbocycles. The van der Waals surface area contributed by atoms with Crippen molar-refractivity contribution in [2.45, 2.75) is 66.8 Å². The first-order valence-corrected chi connectivity index (χ1v) is 6.45. The first kappa shape index (κ1) is 14.2. The summed E-state index contributed by atoms with van der Waals surface area (Å²) < 4.78 is 2.38. The number of rotatable bonds is 1. The van der Waals surface area contributed by atoms with Crippen molar-refractivity contribution in [3.8, 4) is 0 Å². The minimum Gasteiger partial charge on any atom is -0.332 e. The fourth-order valence-electron chi connectivity index (χ4n) is 1.76. The van der Waals surface area contributed by atoms with E-state index in [1.54, 1.807) is 0 Å². The van der Waals surface area contributed by atoms with Crippen LogP contribution in [-0.4, -0.2) is 9.55 Å². The van der Waals surface area contributed by atoms with Crippen molar-refractivity contribution in [1.82, 2.24) is 9.55 Å². The highest BCUT2D eigenvalue weighted by Gasteiger charge is 2.11. The van der Waals surface area contributed by atoms with Crippen LogP contribution in [0.1, 0.15) is 59.0 Å². The second-order valence-electron chi connectivity index (χ2n) is 3.13. The standard InChI is InChI=1S/C9H14N2.2C2H6/c1-2-8-7-10-9-5-3-4-6-11(8)9;2*1-2/h7H,2-6H2,1H3;2*1-2H3. The van der Waals surface area contributed by atoms with Crippen LogP contribution in [0.15, 0.2) is 6.20 Å². The fraction of sp³-hybridized carbons (Fsp3) is 0.769. The molecule has 1 aliphatic rings. The molecule has 1 aliphatic heterocycles. The van der Waals surface area contributed by atoms with Gasteiger partial charge in [0.1, 0.15) is 5.82 Å². The van der Waals surface area contributed by atoms with Crippen molar-refractivity contribution in [3.63, 3.8) is 0 Å². The van der Waals surface area contributed by atoms with Gasteiger partial charge in [-0.15, -0.1) is 0 Å². The third-order valence-corrected chi connectivity index (χ3v) is 2.42. The van der Waals surface area contributed by atoms with Gasteiger partial charge in [0.25, 0.3) is 0 Å². The zero-order chi connectivity index (χ0) is 11.7. The maximum atomic E-state index is 4.39. The lowest BCUT2D eigenvalue weighted by molar-refractivity contribution is 0.509. The highest BCUT2D eigenvalue weighted by molar-refractivity contribution is 5.07. The van der Waals surface area contributed by atoms with E-state index >= 15 is 0 Å². The molecule has 0 unspecified atom stereocenters. The Kier molecular flexibility index (Phi) is 8.06. The second kappa shape index (κ2) is 8.51. The number of imidazole rings is 1. The van der Waals surface area contributed by atoms with Crippen molar-refractivity contribution < 1.29 is 0 Å². The van der Waals surface area contributed by atoms with Crippen molar-refractivity contribution in [3.05, 3.63) is 17.7 Å². The summed E-state index contributed by atoms with van der Waals surface area (Å²) in [6.07, 6.45) is 6.98. The van der Waals surface area contributed by atoms with E-state index < -0.39 is 0 Å². The third kappa shape index (κ3) is 3.69. The first-order valence-electron chi connectivity index (χ1n) is 6.45. The van der Waals surface area contributed by atoms with E-state index in [4.69, 9.17) is 0 Å². The summed E-state index contributed by atoms with van der Waals surface area (Å²) in [5.41, 5.74) is 1.40. The number of aryl methyl sites for hydroxylation is 2. The molecule has 0 aliphatic carbocycles. The zero-order valence-electron chi connectivity index (χ0n) is 11.0. The van der Waals surface area contributed by atoms with E-state index in [2.05, 4.69) is 16.5 Å². The van der Waals surface area contributed by atoms with Crippen LogP contribution in [-0.2, 0) is 19.4 Å². The van der Waals surface area contributed by atoms with Gasteiger partial charge in [-0.05, 0) is 19.3 Å². The molecule has 2 nitrogen and oxygen atoms in total. The molecule has 0 fully saturated rings. The largest absolute Gasteiger partial charge is 0.332 e. The van der Waals surface area contributed by atoms with Crippen LogP contribution in [0.3, 0.4) is 0 Å². The summed E-state index contributed by atoms with van der Waals surface area (Å²) in [6.45, 7) is 11.4. The lowest BCUT2D eigenvalue weighted by Gasteiger charge is -2.15. The lowest BCUT2D eigenvalue weighted by Crippen LogP contribution is -2.12. The normalized spacial score (nSPS) is 12.9. The molecule has 0 amide bonds. The Bertz CT molecular complexity index is 238. The van der Waals surface area contributed by atoms with Gasteiger partial charge in [0.15, 0.2) is 0 Å². The summed E-state index contributed by atoms with van der Waals surface area (Å²) in [6, 6.07) is 0. The van der Waals surface area contributed by atoms with Crippen LogP contribution in [0, 0.1) is 0 Å². The number of aromatic nitrogens is 2. The monoisotopic (exact) mass is 210 g/mol. The van der Waals surface area contributed by atoms with Crippen molar-refractivity contribution in [1.29, 1.82) is 0 Å². The van der Waals surface area contributed by atoms with Crippen LogP contribution >= 0.6 is 0 Å². The van der Waals surface area contributed by atoms with Crippen LogP contribution < -0.4 is 0 Å². The molecule has 88 valence electrons. The maximum absolute atomic E-state index is 4.39. The molecule has 0 spiro atoms. The zero-order valence-corrected chi connectivity index (χ0v) is 11.0. The van der Waals surface area contributed by atoms with Crippen LogP contribution in [0.25, 0.3) is 0 Å². The van der Waals surface area contributed by atoms with Crippen molar-refractivity contribution >= 4 is 0 Å². The van der Waals surface area contributed by atoms with Gasteiger partial charge in [0, 0.05) is 24.9 Å². The van der Waals surface area contributed by atoms with Crippen LogP contribution in [0.5, 0.6) is 0 Å². The Labute approximate surface area is 94.7 Å². The number of hydrogen-bond donors (Lipinski definition) is 0. The van der Waals surface area contributed by atoms with E-state index in [0.29, 0.717) is 0 Å². The first-order chi connectivity index (χ1) is 7.42. The molecule has 15 heavy (non-hydrogen) atoms. The minimum atomic E-state index is 1.12. The molecule has 0 aromatic carbocycles. The molecule has 0 bridgehead atoms. The van der Waals surface area contributed by atoms with E-state index in [9.17, 15) is 0 Å². The minimum absolute atomic E-state index is 1.12. The van der Waals surface area contributed by atoms with Gasteiger partial charge in [-0.2, -0.15) is 0 Å². The highest BCUT2D eigenvalue weighted by atomic mass is 15.1. The molecule has 1 aromatic rings. The molecule has 2 heteroatoms. The quantitative estimate of drug-likeness (QED) is 0.688. The average Bonchev–Trinajstić information content (AvgIpc) is 2.77. The van der Waals surface area contributed by atoms with Crippen LogP contribution in [0.2, 0.25) is 0 Å². The smallest absolute Gasteiger partial charge is 0.108 e. The molecule has 1 aromatic heterocycles. The van der Waals surface area contributed by atoms with Gasteiger partial charge >= 0.3 is 0 Å². The summed E-state index contributed by atoms with van der Waals surface area (Å²) in [4.78, 5) is 4.39. The summed E-state index contributed by atoms with van der Waals surface area (Å²) in [5.74, 6) is 1.30. The van der Waals surface area contributed by atoms with Gasteiger partial charge in [-0.1, -0.05) is 34.6 Å². The van der Waals surface area contributed by atoms with Gasteiger partial charge < -0.3 is 4.57 Å². The highest BCUT2D eigenvalue weighted by Crippen LogP contribution is 2.15. The maximum Gasteiger partial charge on any atom is 0.108 e. The van der Waals surface area contributed by atoms with Gasteiger partial charge in [-0.3, -0.25) is 0 Å². The molecule has 0 atom stereocenters. The van der Waals surface area contributed by atoms with E-state index in [1.165, 1.54) is 37.3 Å². The van der Waals surface area contributed by atoms with Gasteiger partial charge in [0.2, 0.25) is 0 Å². The number of hydrogen-bond acceptors (Lipinski definition) is 1. The molecule has 0 N–H and O–H groups in total. The van der Waals surface area contributed by atoms with E-state index in [1.807, 2.05) is 33.9 Å². The Balaban J connectivity index is 0.000000442. The fourth-order valence-corrected chi connectivity index (χ4v) is 1.76. The van der Waals surface area contributed by atoms with Crippen molar-refractivity contribution in [2.75, 3.05) is 0 Å². The molecular weight excluding hydrogens is 184 g/mol. The molecule has 2 heterocycles. The van der Waals surface area contributed by atoms with E-state index in [-0.39, 0.29) is 0 Å². The Hall–Kier alpha value is -0.790. The third-order valence-electron chi connectivity index (χ3n) is 2.42.